The van der Waals surface area contributed by atoms with E-state index in [9.17, 15) is 4.79 Å². The summed E-state index contributed by atoms with van der Waals surface area (Å²) in [7, 11) is 0. The van der Waals surface area contributed by atoms with Crippen LogP contribution in [0.15, 0.2) is 0 Å². The molecule has 0 aromatic carbocycles. The smallest absolute Gasteiger partial charge is 0.234 e. The van der Waals surface area contributed by atoms with E-state index in [0.717, 1.165) is 36.6 Å². The van der Waals surface area contributed by atoms with Gasteiger partial charge in [0.2, 0.25) is 5.91 Å². The van der Waals surface area contributed by atoms with Crippen molar-refractivity contribution in [1.29, 1.82) is 0 Å². The predicted molar refractivity (Wildman–Crippen MR) is 93.1 cm³/mol. The molecular formula is C18H29N5O2. The van der Waals surface area contributed by atoms with Gasteiger partial charge in [-0.3, -0.25) is 9.69 Å². The second-order valence-electron chi connectivity index (χ2n) is 7.88. The van der Waals surface area contributed by atoms with E-state index >= 15 is 0 Å². The first-order chi connectivity index (χ1) is 12.1. The van der Waals surface area contributed by atoms with Crippen LogP contribution in [0.2, 0.25) is 0 Å². The third-order valence-electron chi connectivity index (χ3n) is 5.52. The van der Waals surface area contributed by atoms with Crippen LogP contribution in [0.25, 0.3) is 0 Å². The van der Waals surface area contributed by atoms with Gasteiger partial charge in [0.15, 0.2) is 0 Å². The van der Waals surface area contributed by atoms with Crippen molar-refractivity contribution in [2.24, 2.45) is 11.8 Å². The van der Waals surface area contributed by atoms with Crippen LogP contribution in [-0.2, 0) is 16.1 Å². The van der Waals surface area contributed by atoms with Crippen molar-refractivity contribution in [3.8, 4) is 0 Å². The fourth-order valence-corrected chi connectivity index (χ4v) is 3.93. The van der Waals surface area contributed by atoms with Crippen LogP contribution in [0.3, 0.4) is 0 Å². The number of hydrogen-bond acceptors (Lipinski definition) is 5. The first-order valence-electron chi connectivity index (χ1n) is 9.60. The first-order valence-corrected chi connectivity index (χ1v) is 9.60. The molecule has 2 saturated carbocycles. The van der Waals surface area contributed by atoms with Crippen molar-refractivity contribution in [2.75, 3.05) is 26.2 Å². The molecule has 0 spiro atoms. The lowest BCUT2D eigenvalue weighted by Crippen LogP contribution is -2.50. The van der Waals surface area contributed by atoms with E-state index in [1.165, 1.54) is 25.7 Å². The third-order valence-corrected chi connectivity index (χ3v) is 5.52. The summed E-state index contributed by atoms with van der Waals surface area (Å²) < 4.78 is 7.78. The summed E-state index contributed by atoms with van der Waals surface area (Å²) in [6, 6.07) is 0.435. The Morgan fingerprint density at radius 1 is 1.28 bits per heavy atom. The number of amides is 1. The molecule has 2 heterocycles. The highest BCUT2D eigenvalue weighted by Crippen LogP contribution is 2.44. The average molecular weight is 347 g/mol. The van der Waals surface area contributed by atoms with Gasteiger partial charge in [-0.2, -0.15) is 5.10 Å². The molecule has 3 aliphatic rings. The van der Waals surface area contributed by atoms with Gasteiger partial charge in [0.25, 0.3) is 0 Å². The summed E-state index contributed by atoms with van der Waals surface area (Å²) in [4.78, 5) is 19.0. The lowest BCUT2D eigenvalue weighted by Gasteiger charge is -2.33. The minimum absolute atomic E-state index is 0.0593. The largest absolute Gasteiger partial charge is 0.374 e. The molecule has 1 aromatic heterocycles. The molecular weight excluding hydrogens is 318 g/mol. The Kier molecular flexibility index (Phi) is 4.78. The molecule has 4 rings (SSSR count). The van der Waals surface area contributed by atoms with Crippen molar-refractivity contribution in [2.45, 2.75) is 58.2 Å². The Hall–Kier alpha value is -1.47. The summed E-state index contributed by atoms with van der Waals surface area (Å²) in [6.45, 7) is 7.28. The van der Waals surface area contributed by atoms with Crippen LogP contribution in [-0.4, -0.2) is 64.0 Å². The fourth-order valence-electron chi connectivity index (χ4n) is 3.93. The first kappa shape index (κ1) is 17.0. The van der Waals surface area contributed by atoms with Crippen molar-refractivity contribution < 1.29 is 9.53 Å². The van der Waals surface area contributed by atoms with Gasteiger partial charge in [0.1, 0.15) is 11.6 Å². The number of hydrogen-bond donors (Lipinski definition) is 1. The van der Waals surface area contributed by atoms with Crippen molar-refractivity contribution in [1.82, 2.24) is 25.0 Å². The molecule has 1 N–H and O–H groups in total. The number of aromatic nitrogens is 3. The van der Waals surface area contributed by atoms with Gasteiger partial charge in [-0.15, -0.1) is 0 Å². The van der Waals surface area contributed by atoms with Gasteiger partial charge in [0.05, 0.1) is 25.8 Å². The second-order valence-corrected chi connectivity index (χ2v) is 7.88. The number of morpholine rings is 1. The number of rotatable bonds is 7. The molecule has 0 unspecified atom stereocenters. The van der Waals surface area contributed by atoms with Crippen LogP contribution in [0.5, 0.6) is 0 Å². The van der Waals surface area contributed by atoms with E-state index in [2.05, 4.69) is 20.3 Å². The summed E-state index contributed by atoms with van der Waals surface area (Å²) >= 11 is 0. The zero-order valence-electron chi connectivity index (χ0n) is 15.3. The predicted octanol–water partition coefficient (Wildman–Crippen LogP) is 0.901. The molecule has 138 valence electrons. The van der Waals surface area contributed by atoms with Gasteiger partial charge >= 0.3 is 0 Å². The zero-order chi connectivity index (χ0) is 17.4. The number of nitrogens with zero attached hydrogens (tertiary/aromatic N) is 4. The summed E-state index contributed by atoms with van der Waals surface area (Å²) in [5, 5.41) is 7.73. The highest BCUT2D eigenvalue weighted by molar-refractivity contribution is 5.78. The average Bonchev–Trinajstić information content (AvgIpc) is 3.46. The second kappa shape index (κ2) is 7.03. The maximum Gasteiger partial charge on any atom is 0.234 e. The number of ether oxygens (including phenoxy) is 1. The molecule has 1 aromatic rings. The van der Waals surface area contributed by atoms with Crippen molar-refractivity contribution in [3.63, 3.8) is 0 Å². The molecule has 2 aliphatic carbocycles. The molecule has 7 heteroatoms. The third kappa shape index (κ3) is 4.39. The number of carbonyl (C=O) groups is 1. The lowest BCUT2D eigenvalue weighted by molar-refractivity contribution is -0.125. The number of nitrogens with one attached hydrogen (secondary N) is 1. The summed E-state index contributed by atoms with van der Waals surface area (Å²) in [5.74, 6) is 3.36. The Balaban J connectivity index is 1.27. The van der Waals surface area contributed by atoms with Gasteiger partial charge in [0, 0.05) is 19.1 Å². The molecule has 3 fully saturated rings. The van der Waals surface area contributed by atoms with Gasteiger partial charge < -0.3 is 10.1 Å². The lowest BCUT2D eigenvalue weighted by atomic mass is 10.1. The highest BCUT2D eigenvalue weighted by Gasteiger charge is 2.42. The Morgan fingerprint density at radius 3 is 2.60 bits per heavy atom. The van der Waals surface area contributed by atoms with E-state index < -0.39 is 0 Å². The molecule has 25 heavy (non-hydrogen) atoms. The zero-order valence-corrected chi connectivity index (χ0v) is 15.3. The fraction of sp³-hybridized carbons (Fsp3) is 0.833. The van der Waals surface area contributed by atoms with Crippen LogP contribution in [0.4, 0.5) is 0 Å². The van der Waals surface area contributed by atoms with Crippen LogP contribution in [0.1, 0.15) is 37.3 Å². The van der Waals surface area contributed by atoms with Crippen LogP contribution < -0.4 is 5.32 Å². The summed E-state index contributed by atoms with van der Waals surface area (Å²) in [5.41, 5.74) is 0. The summed E-state index contributed by atoms with van der Waals surface area (Å²) in [6.07, 6.45) is 5.22. The monoisotopic (exact) mass is 347 g/mol. The van der Waals surface area contributed by atoms with E-state index in [4.69, 9.17) is 4.74 Å². The number of carbonyl (C=O) groups excluding carboxylic acids is 1. The van der Waals surface area contributed by atoms with Gasteiger partial charge in [-0.05, 0) is 51.4 Å². The Bertz CT molecular complexity index is 611. The molecule has 0 bridgehead atoms. The minimum Gasteiger partial charge on any atom is -0.374 e. The SMILES string of the molecule is Cc1nc(C)n(C[C@@H]2CN(CC(=O)NC(C3CC3)C3CC3)CCO2)n1. The van der Waals surface area contributed by atoms with Crippen molar-refractivity contribution in [3.05, 3.63) is 11.6 Å². The van der Waals surface area contributed by atoms with Gasteiger partial charge in [-0.25, -0.2) is 9.67 Å². The minimum atomic E-state index is 0.0593. The topological polar surface area (TPSA) is 72.3 Å². The standard InChI is InChI=1S/C18H29N5O2/c1-12-19-13(2)23(21-12)10-16-9-22(7-8-25-16)11-17(24)20-18(14-3-4-14)15-5-6-15/h14-16,18H,3-11H2,1-2H3,(H,20,24)/t16-/m0/s1. The van der Waals surface area contributed by atoms with Gasteiger partial charge in [-0.1, -0.05) is 0 Å². The van der Waals surface area contributed by atoms with E-state index in [1.807, 2.05) is 18.5 Å². The van der Waals surface area contributed by atoms with E-state index in [-0.39, 0.29) is 12.0 Å². The Labute approximate surface area is 149 Å². The Morgan fingerprint density at radius 2 is 2.00 bits per heavy atom. The maximum atomic E-state index is 12.5. The van der Waals surface area contributed by atoms with E-state index in [1.54, 1.807) is 0 Å². The van der Waals surface area contributed by atoms with E-state index in [0.29, 0.717) is 25.7 Å². The molecule has 1 atom stereocenters. The number of aryl methyl sites for hydroxylation is 2. The molecule has 7 nitrogen and oxygen atoms in total. The quantitative estimate of drug-likeness (QED) is 0.793. The molecule has 1 amide bonds. The van der Waals surface area contributed by atoms with Crippen molar-refractivity contribution >= 4 is 5.91 Å². The molecule has 1 aliphatic heterocycles. The highest BCUT2D eigenvalue weighted by atomic mass is 16.5. The molecule has 0 radical (unpaired) electrons. The maximum absolute atomic E-state index is 12.5. The van der Waals surface area contributed by atoms with Crippen LogP contribution in [0, 0.1) is 25.7 Å². The normalized spacial score (nSPS) is 24.7. The van der Waals surface area contributed by atoms with Crippen LogP contribution >= 0.6 is 0 Å². The molecule has 1 saturated heterocycles.